The smallest absolute Gasteiger partial charge is 0.225 e. The van der Waals surface area contributed by atoms with Crippen LogP contribution in [0.15, 0.2) is 36.4 Å². The van der Waals surface area contributed by atoms with Crippen LogP contribution in [0, 0.1) is 0 Å². The van der Waals surface area contributed by atoms with Crippen molar-refractivity contribution in [3.05, 3.63) is 47.0 Å². The van der Waals surface area contributed by atoms with Gasteiger partial charge in [-0.25, -0.2) is 4.98 Å². The van der Waals surface area contributed by atoms with Crippen molar-refractivity contribution in [1.82, 2.24) is 4.98 Å². The lowest BCUT2D eigenvalue weighted by molar-refractivity contribution is 0.103. The predicted molar refractivity (Wildman–Crippen MR) is 79.4 cm³/mol. The van der Waals surface area contributed by atoms with Crippen molar-refractivity contribution < 1.29 is 19.7 Å². The molecule has 2 N–H and O–H groups in total. The van der Waals surface area contributed by atoms with Crippen LogP contribution in [-0.2, 0) is 0 Å². The van der Waals surface area contributed by atoms with Crippen LogP contribution in [0.2, 0.25) is 0 Å². The maximum Gasteiger partial charge on any atom is 0.225 e. The van der Waals surface area contributed by atoms with E-state index in [1.54, 1.807) is 25.3 Å². The van der Waals surface area contributed by atoms with E-state index in [2.05, 4.69) is 4.98 Å². The van der Waals surface area contributed by atoms with Gasteiger partial charge in [0.2, 0.25) is 5.78 Å². The molecule has 0 saturated heterocycles. The molecule has 0 saturated carbocycles. The Labute approximate surface area is 124 Å². The fourth-order valence-electron chi connectivity index (χ4n) is 1.96. The van der Waals surface area contributed by atoms with Crippen LogP contribution in [0.5, 0.6) is 17.2 Å². The Kier molecular flexibility index (Phi) is 3.23. The number of aromatic hydroxyl groups is 2. The first kappa shape index (κ1) is 13.4. The Morgan fingerprint density at radius 1 is 1.19 bits per heavy atom. The summed E-state index contributed by atoms with van der Waals surface area (Å²) in [6.07, 6.45) is 0. The SMILES string of the molecule is COc1ccc2nc(C(=O)c3ccc(O)cc3O)sc2c1. The summed E-state index contributed by atoms with van der Waals surface area (Å²) in [5.74, 6) is -0.0554. The van der Waals surface area contributed by atoms with Gasteiger partial charge in [-0.3, -0.25) is 4.79 Å². The molecule has 5 nitrogen and oxygen atoms in total. The Morgan fingerprint density at radius 2 is 2.00 bits per heavy atom. The van der Waals surface area contributed by atoms with Crippen LogP contribution in [0.4, 0.5) is 0 Å². The number of benzene rings is 2. The Morgan fingerprint density at radius 3 is 2.71 bits per heavy atom. The summed E-state index contributed by atoms with van der Waals surface area (Å²) in [7, 11) is 1.57. The van der Waals surface area contributed by atoms with E-state index in [9.17, 15) is 15.0 Å². The number of rotatable bonds is 3. The van der Waals surface area contributed by atoms with Crippen molar-refractivity contribution in [2.45, 2.75) is 0 Å². The molecule has 0 radical (unpaired) electrons. The van der Waals surface area contributed by atoms with Gasteiger partial charge in [0.25, 0.3) is 0 Å². The van der Waals surface area contributed by atoms with Gasteiger partial charge in [0.1, 0.15) is 17.2 Å². The second-order valence-electron chi connectivity index (χ2n) is 4.38. The third-order valence-corrected chi connectivity index (χ3v) is 4.03. The van der Waals surface area contributed by atoms with Crippen molar-refractivity contribution >= 4 is 27.3 Å². The quantitative estimate of drug-likeness (QED) is 0.727. The number of ether oxygens (including phenoxy) is 1. The number of phenolic OH excluding ortho intramolecular Hbond substituents is 2. The molecular formula is C15H11NO4S. The van der Waals surface area contributed by atoms with Gasteiger partial charge in [-0.05, 0) is 30.3 Å². The third-order valence-electron chi connectivity index (χ3n) is 3.02. The van der Waals surface area contributed by atoms with Gasteiger partial charge in [-0.1, -0.05) is 0 Å². The number of aromatic nitrogens is 1. The monoisotopic (exact) mass is 301 g/mol. The van der Waals surface area contributed by atoms with Crippen LogP contribution in [-0.4, -0.2) is 28.1 Å². The molecule has 0 aliphatic heterocycles. The van der Waals surface area contributed by atoms with Crippen LogP contribution < -0.4 is 4.74 Å². The van der Waals surface area contributed by atoms with Crippen molar-refractivity contribution in [3.63, 3.8) is 0 Å². The van der Waals surface area contributed by atoms with Crippen molar-refractivity contribution in [2.75, 3.05) is 7.11 Å². The number of hydrogen-bond donors (Lipinski definition) is 2. The number of hydrogen-bond acceptors (Lipinski definition) is 6. The Balaban J connectivity index is 2.05. The second-order valence-corrected chi connectivity index (χ2v) is 5.41. The predicted octanol–water partition coefficient (Wildman–Crippen LogP) is 2.95. The molecule has 3 rings (SSSR count). The summed E-state index contributed by atoms with van der Waals surface area (Å²) >= 11 is 1.23. The van der Waals surface area contributed by atoms with Gasteiger partial charge in [0, 0.05) is 6.07 Å². The minimum absolute atomic E-state index is 0.0990. The lowest BCUT2D eigenvalue weighted by atomic mass is 10.1. The fraction of sp³-hybridized carbons (Fsp3) is 0.0667. The number of carbonyl (C=O) groups excluding carboxylic acids is 1. The van der Waals surface area contributed by atoms with Crippen LogP contribution >= 0.6 is 11.3 Å². The summed E-state index contributed by atoms with van der Waals surface area (Å²) in [6, 6.07) is 9.21. The molecule has 0 amide bonds. The molecule has 0 unspecified atom stereocenters. The zero-order valence-corrected chi connectivity index (χ0v) is 11.8. The van der Waals surface area contributed by atoms with Crippen molar-refractivity contribution in [3.8, 4) is 17.2 Å². The van der Waals surface area contributed by atoms with E-state index in [-0.39, 0.29) is 27.9 Å². The molecular weight excluding hydrogens is 290 g/mol. The molecule has 0 spiro atoms. The molecule has 106 valence electrons. The summed E-state index contributed by atoms with van der Waals surface area (Å²) in [5.41, 5.74) is 0.807. The summed E-state index contributed by atoms with van der Waals surface area (Å²) < 4.78 is 5.96. The molecule has 0 atom stereocenters. The number of phenols is 2. The fourth-order valence-corrected chi connectivity index (χ4v) is 2.90. The minimum Gasteiger partial charge on any atom is -0.508 e. The van der Waals surface area contributed by atoms with Gasteiger partial charge < -0.3 is 14.9 Å². The number of thiazole rings is 1. The normalized spacial score (nSPS) is 10.7. The summed E-state index contributed by atoms with van der Waals surface area (Å²) in [6.45, 7) is 0. The van der Waals surface area contributed by atoms with E-state index < -0.39 is 0 Å². The number of methoxy groups -OCH3 is 1. The molecule has 0 aliphatic carbocycles. The highest BCUT2D eigenvalue weighted by Gasteiger charge is 2.18. The molecule has 6 heteroatoms. The van der Waals surface area contributed by atoms with E-state index in [0.717, 1.165) is 10.8 Å². The average molecular weight is 301 g/mol. The molecule has 0 aliphatic rings. The van der Waals surface area contributed by atoms with E-state index in [1.165, 1.54) is 23.5 Å². The number of ketones is 1. The van der Waals surface area contributed by atoms with Gasteiger partial charge in [0.05, 0.1) is 22.9 Å². The molecule has 1 heterocycles. The molecule has 2 aromatic carbocycles. The van der Waals surface area contributed by atoms with E-state index in [4.69, 9.17) is 4.74 Å². The molecule has 21 heavy (non-hydrogen) atoms. The van der Waals surface area contributed by atoms with Crippen LogP contribution in [0.3, 0.4) is 0 Å². The Bertz CT molecular complexity index is 841. The maximum atomic E-state index is 12.4. The first-order valence-electron chi connectivity index (χ1n) is 6.10. The first-order chi connectivity index (χ1) is 10.1. The number of nitrogens with zero attached hydrogens (tertiary/aromatic N) is 1. The van der Waals surface area contributed by atoms with E-state index in [0.29, 0.717) is 11.3 Å². The molecule has 3 aromatic rings. The zero-order valence-electron chi connectivity index (χ0n) is 11.0. The van der Waals surface area contributed by atoms with Crippen molar-refractivity contribution in [2.24, 2.45) is 0 Å². The van der Waals surface area contributed by atoms with E-state index >= 15 is 0 Å². The lowest BCUT2D eigenvalue weighted by Gasteiger charge is -2.01. The second kappa shape index (κ2) is 5.06. The zero-order chi connectivity index (χ0) is 15.0. The number of fused-ring (bicyclic) bond motifs is 1. The lowest BCUT2D eigenvalue weighted by Crippen LogP contribution is -2.00. The summed E-state index contributed by atoms with van der Waals surface area (Å²) in [4.78, 5) is 16.6. The first-order valence-corrected chi connectivity index (χ1v) is 6.91. The average Bonchev–Trinajstić information content (AvgIpc) is 2.89. The Hall–Kier alpha value is -2.60. The van der Waals surface area contributed by atoms with Gasteiger partial charge in [-0.2, -0.15) is 0 Å². The third kappa shape index (κ3) is 2.41. The molecule has 0 bridgehead atoms. The highest BCUT2D eigenvalue weighted by atomic mass is 32.1. The van der Waals surface area contributed by atoms with Gasteiger partial charge >= 0.3 is 0 Å². The van der Waals surface area contributed by atoms with Crippen LogP contribution in [0.25, 0.3) is 10.2 Å². The topological polar surface area (TPSA) is 79.7 Å². The van der Waals surface area contributed by atoms with Crippen molar-refractivity contribution in [1.29, 1.82) is 0 Å². The minimum atomic E-state index is -0.382. The molecule has 1 aromatic heterocycles. The van der Waals surface area contributed by atoms with Gasteiger partial charge in [-0.15, -0.1) is 11.3 Å². The molecule has 0 fully saturated rings. The highest BCUT2D eigenvalue weighted by molar-refractivity contribution is 7.20. The number of carbonyl (C=O) groups is 1. The van der Waals surface area contributed by atoms with Crippen LogP contribution in [0.1, 0.15) is 15.4 Å². The standard InChI is InChI=1S/C15H11NO4S/c1-20-9-3-5-11-13(7-9)21-15(16-11)14(19)10-4-2-8(17)6-12(10)18/h2-7,17-18H,1H3. The highest BCUT2D eigenvalue weighted by Crippen LogP contribution is 2.30. The maximum absolute atomic E-state index is 12.4. The summed E-state index contributed by atoms with van der Waals surface area (Å²) in [5, 5.41) is 19.3. The van der Waals surface area contributed by atoms with Gasteiger partial charge in [0.15, 0.2) is 5.01 Å². The van der Waals surface area contributed by atoms with E-state index in [1.807, 2.05) is 0 Å². The largest absolute Gasteiger partial charge is 0.508 e.